The van der Waals surface area contributed by atoms with E-state index < -0.39 is 34.4 Å². The van der Waals surface area contributed by atoms with Crippen LogP contribution in [0.25, 0.3) is 0 Å². The molecule has 2 N–H and O–H groups in total. The molecule has 2 aromatic rings. The Hall–Kier alpha value is -3.42. The third-order valence-electron chi connectivity index (χ3n) is 4.29. The minimum Gasteiger partial charge on any atom is -0.461 e. The van der Waals surface area contributed by atoms with Gasteiger partial charge in [0, 0.05) is 11.3 Å². The smallest absolute Gasteiger partial charge is 0.355 e. The summed E-state index contributed by atoms with van der Waals surface area (Å²) >= 11 is 0. The molecule has 0 bridgehead atoms. The monoisotopic (exact) mass is 446 g/mol. The molecule has 0 fully saturated rings. The van der Waals surface area contributed by atoms with E-state index in [0.717, 1.165) is 0 Å². The van der Waals surface area contributed by atoms with Gasteiger partial charge in [0.15, 0.2) is 6.61 Å². The molecule has 0 saturated heterocycles. The highest BCUT2D eigenvalue weighted by molar-refractivity contribution is 7.89. The van der Waals surface area contributed by atoms with Gasteiger partial charge in [-0.2, -0.15) is 4.72 Å². The number of carbonyl (C=O) groups excluding carboxylic acids is 3. The quantitative estimate of drug-likeness (QED) is 0.341. The molecule has 2 rings (SSSR count). The maximum atomic E-state index is 12.5. The second-order valence-corrected chi connectivity index (χ2v) is 8.16. The summed E-state index contributed by atoms with van der Waals surface area (Å²) in [5.74, 6) is 0.290. The Morgan fingerprint density at radius 3 is 2.32 bits per heavy atom. The minimum absolute atomic E-state index is 0.0680. The van der Waals surface area contributed by atoms with E-state index in [1.54, 1.807) is 20.8 Å². The lowest BCUT2D eigenvalue weighted by Crippen LogP contribution is -2.24. The van der Waals surface area contributed by atoms with Crippen LogP contribution in [0.15, 0.2) is 29.2 Å². The summed E-state index contributed by atoms with van der Waals surface area (Å²) in [7, 11) is -3.79. The SMILES string of the molecule is C#CCNS(=O)(=O)c1ccc(C(=O)OCC(=O)c2c(C)[nH]c(C(=O)OCC)c2C)cc1. The van der Waals surface area contributed by atoms with Gasteiger partial charge >= 0.3 is 11.9 Å². The summed E-state index contributed by atoms with van der Waals surface area (Å²) < 4.78 is 36.2. The van der Waals surface area contributed by atoms with E-state index >= 15 is 0 Å². The second kappa shape index (κ2) is 10.1. The first-order valence-electron chi connectivity index (χ1n) is 9.22. The summed E-state index contributed by atoms with van der Waals surface area (Å²) in [6.45, 7) is 4.37. The van der Waals surface area contributed by atoms with Crippen molar-refractivity contribution >= 4 is 27.7 Å². The highest BCUT2D eigenvalue weighted by Gasteiger charge is 2.24. The van der Waals surface area contributed by atoms with Gasteiger partial charge in [-0.15, -0.1) is 6.42 Å². The number of ether oxygens (including phenoxy) is 2. The van der Waals surface area contributed by atoms with Crippen LogP contribution in [0.3, 0.4) is 0 Å². The van der Waals surface area contributed by atoms with Crippen molar-refractivity contribution in [2.75, 3.05) is 19.8 Å². The first-order valence-corrected chi connectivity index (χ1v) is 10.7. The van der Waals surface area contributed by atoms with Crippen LogP contribution in [0.1, 0.15) is 49.4 Å². The van der Waals surface area contributed by atoms with Gasteiger partial charge in [0.05, 0.1) is 23.6 Å². The first-order chi connectivity index (χ1) is 14.6. The normalized spacial score (nSPS) is 10.9. The average molecular weight is 446 g/mol. The second-order valence-electron chi connectivity index (χ2n) is 6.40. The number of carbonyl (C=O) groups is 3. The number of rotatable bonds is 9. The van der Waals surface area contributed by atoms with Crippen molar-refractivity contribution in [3.63, 3.8) is 0 Å². The van der Waals surface area contributed by atoms with Gasteiger partial charge in [-0.3, -0.25) is 4.79 Å². The summed E-state index contributed by atoms with van der Waals surface area (Å²) in [4.78, 5) is 39.5. The lowest BCUT2D eigenvalue weighted by atomic mass is 10.1. The van der Waals surface area contributed by atoms with Gasteiger partial charge in [-0.1, -0.05) is 5.92 Å². The zero-order valence-corrected chi connectivity index (χ0v) is 18.1. The summed E-state index contributed by atoms with van der Waals surface area (Å²) in [6, 6.07) is 4.98. The maximum absolute atomic E-state index is 12.5. The van der Waals surface area contributed by atoms with Crippen molar-refractivity contribution in [2.24, 2.45) is 0 Å². The van der Waals surface area contributed by atoms with E-state index in [9.17, 15) is 22.8 Å². The molecule has 0 aliphatic heterocycles. The summed E-state index contributed by atoms with van der Waals surface area (Å²) in [5, 5.41) is 0. The molecule has 1 heterocycles. The molecule has 0 spiro atoms. The number of hydrogen-bond donors (Lipinski definition) is 2. The van der Waals surface area contributed by atoms with Crippen LogP contribution in [-0.2, 0) is 19.5 Å². The number of ketones is 1. The van der Waals surface area contributed by atoms with Gasteiger partial charge in [0.25, 0.3) is 0 Å². The number of nitrogens with one attached hydrogen (secondary N) is 2. The van der Waals surface area contributed by atoms with Gasteiger partial charge < -0.3 is 14.5 Å². The number of hydrogen-bond acceptors (Lipinski definition) is 7. The number of H-pyrrole nitrogens is 1. The van der Waals surface area contributed by atoms with Gasteiger partial charge in [0.2, 0.25) is 15.8 Å². The third kappa shape index (κ3) is 5.59. The molecular formula is C21H22N2O7S. The average Bonchev–Trinajstić information content (AvgIpc) is 3.04. The van der Waals surface area contributed by atoms with E-state index in [-0.39, 0.29) is 34.9 Å². The third-order valence-corrected chi connectivity index (χ3v) is 5.71. The molecule has 0 aliphatic rings. The van der Waals surface area contributed by atoms with Crippen molar-refractivity contribution in [1.29, 1.82) is 0 Å². The summed E-state index contributed by atoms with van der Waals surface area (Å²) in [5.41, 5.74) is 1.35. The van der Waals surface area contributed by atoms with E-state index in [4.69, 9.17) is 15.9 Å². The van der Waals surface area contributed by atoms with Crippen LogP contribution >= 0.6 is 0 Å². The number of terminal acetylenes is 1. The number of aromatic nitrogens is 1. The van der Waals surface area contributed by atoms with E-state index in [1.165, 1.54) is 24.3 Å². The molecule has 10 heteroatoms. The topological polar surface area (TPSA) is 132 Å². The Morgan fingerprint density at radius 2 is 1.74 bits per heavy atom. The molecule has 1 aromatic heterocycles. The largest absolute Gasteiger partial charge is 0.461 e. The lowest BCUT2D eigenvalue weighted by molar-refractivity contribution is 0.0473. The Morgan fingerprint density at radius 1 is 1.10 bits per heavy atom. The fourth-order valence-corrected chi connectivity index (χ4v) is 3.79. The van der Waals surface area contributed by atoms with Crippen LogP contribution in [0.4, 0.5) is 0 Å². The van der Waals surface area contributed by atoms with Crippen molar-refractivity contribution in [3.8, 4) is 12.3 Å². The zero-order chi connectivity index (χ0) is 23.2. The van der Waals surface area contributed by atoms with Crippen LogP contribution < -0.4 is 4.72 Å². The van der Waals surface area contributed by atoms with E-state index in [0.29, 0.717) is 11.3 Å². The molecule has 0 unspecified atom stereocenters. The van der Waals surface area contributed by atoms with Crippen molar-refractivity contribution < 1.29 is 32.3 Å². The number of Topliss-reactive ketones (excluding diaryl/α,β-unsaturated/α-hetero) is 1. The standard InChI is InChI=1S/C21H22N2O7S/c1-5-11-22-31(27,28)16-9-7-15(8-10-16)20(25)30-12-17(24)18-13(3)19(23-14(18)4)21(26)29-6-2/h1,7-10,22-23H,6,11-12H2,2-4H3. The summed E-state index contributed by atoms with van der Waals surface area (Å²) in [6.07, 6.45) is 5.04. The lowest BCUT2D eigenvalue weighted by Gasteiger charge is -2.07. The molecule has 0 aliphatic carbocycles. The minimum atomic E-state index is -3.79. The Kier molecular flexibility index (Phi) is 7.74. The number of esters is 2. The number of sulfonamides is 1. The van der Waals surface area contributed by atoms with Gasteiger partial charge in [-0.05, 0) is 50.6 Å². The molecule has 0 atom stereocenters. The van der Waals surface area contributed by atoms with Gasteiger partial charge in [0.1, 0.15) is 5.69 Å². The molecule has 0 saturated carbocycles. The molecular weight excluding hydrogens is 424 g/mol. The van der Waals surface area contributed by atoms with Crippen LogP contribution in [0.5, 0.6) is 0 Å². The van der Waals surface area contributed by atoms with Crippen molar-refractivity contribution in [3.05, 3.63) is 52.3 Å². The molecule has 164 valence electrons. The zero-order valence-electron chi connectivity index (χ0n) is 17.3. The first kappa shape index (κ1) is 23.9. The Bertz CT molecular complexity index is 1140. The van der Waals surface area contributed by atoms with Crippen LogP contribution in [0, 0.1) is 26.2 Å². The highest BCUT2D eigenvalue weighted by Crippen LogP contribution is 2.20. The Balaban J connectivity index is 2.07. The van der Waals surface area contributed by atoms with Gasteiger partial charge in [-0.25, -0.2) is 18.0 Å². The van der Waals surface area contributed by atoms with Crippen molar-refractivity contribution in [2.45, 2.75) is 25.7 Å². The fraction of sp³-hybridized carbons (Fsp3) is 0.286. The number of benzene rings is 1. The maximum Gasteiger partial charge on any atom is 0.355 e. The molecule has 9 nitrogen and oxygen atoms in total. The van der Waals surface area contributed by atoms with Crippen molar-refractivity contribution in [1.82, 2.24) is 9.71 Å². The van der Waals surface area contributed by atoms with Crippen LogP contribution in [0.2, 0.25) is 0 Å². The fourth-order valence-electron chi connectivity index (χ4n) is 2.85. The Labute approximate surface area is 180 Å². The molecule has 0 amide bonds. The molecule has 1 aromatic carbocycles. The highest BCUT2D eigenvalue weighted by atomic mass is 32.2. The van der Waals surface area contributed by atoms with E-state index in [1.807, 2.05) is 0 Å². The predicted octanol–water partition coefficient (Wildman–Crippen LogP) is 1.76. The van der Waals surface area contributed by atoms with Crippen LogP contribution in [-0.4, -0.2) is 50.9 Å². The number of aromatic amines is 1. The molecule has 0 radical (unpaired) electrons. The predicted molar refractivity (Wildman–Crippen MR) is 111 cm³/mol. The molecule has 31 heavy (non-hydrogen) atoms. The van der Waals surface area contributed by atoms with E-state index in [2.05, 4.69) is 15.6 Å². The number of aryl methyl sites for hydroxylation is 1.